The molecule has 0 saturated carbocycles. The first-order valence-electron chi connectivity index (χ1n) is 9.50. The average molecular weight is 431 g/mol. The van der Waals surface area contributed by atoms with Crippen LogP contribution in [0.3, 0.4) is 0 Å². The maximum atomic E-state index is 13.0. The first-order valence-corrected chi connectivity index (χ1v) is 9.50. The van der Waals surface area contributed by atoms with Crippen molar-refractivity contribution in [2.24, 2.45) is 11.0 Å². The fraction of sp³-hybridized carbons (Fsp3) is 0.318. The van der Waals surface area contributed by atoms with Crippen LogP contribution in [0.5, 0.6) is 17.2 Å². The Morgan fingerprint density at radius 1 is 1.00 bits per heavy atom. The number of rotatable bonds is 9. The number of hydrazone groups is 1. The Hall–Kier alpha value is -3.62. The highest BCUT2D eigenvalue weighted by Gasteiger charge is 2.26. The molecule has 0 aliphatic rings. The van der Waals surface area contributed by atoms with E-state index in [0.717, 1.165) is 0 Å². The van der Waals surface area contributed by atoms with Gasteiger partial charge in [0.1, 0.15) is 11.9 Å². The second-order valence-corrected chi connectivity index (χ2v) is 6.89. The molecule has 0 aliphatic carbocycles. The van der Waals surface area contributed by atoms with Crippen molar-refractivity contribution in [1.29, 1.82) is 0 Å². The zero-order valence-corrected chi connectivity index (χ0v) is 18.1. The number of carbonyl (C=O) groups excluding carboxylic acids is 2. The van der Waals surface area contributed by atoms with E-state index in [9.17, 15) is 14.0 Å². The number of benzene rings is 2. The third-order valence-electron chi connectivity index (χ3n) is 4.42. The first kappa shape index (κ1) is 23.7. The van der Waals surface area contributed by atoms with Crippen LogP contribution < -0.4 is 25.0 Å². The van der Waals surface area contributed by atoms with E-state index in [2.05, 4.69) is 15.8 Å². The summed E-state index contributed by atoms with van der Waals surface area (Å²) in [6.45, 7) is 3.59. The van der Waals surface area contributed by atoms with Crippen molar-refractivity contribution in [3.8, 4) is 17.2 Å². The molecule has 0 spiro atoms. The number of methoxy groups -OCH3 is 3. The summed E-state index contributed by atoms with van der Waals surface area (Å²) < 4.78 is 28.7. The number of nitrogens with one attached hydrogen (secondary N) is 2. The molecular weight excluding hydrogens is 405 g/mol. The third-order valence-corrected chi connectivity index (χ3v) is 4.42. The van der Waals surface area contributed by atoms with Crippen molar-refractivity contribution in [2.75, 3.05) is 21.3 Å². The summed E-state index contributed by atoms with van der Waals surface area (Å²) in [5.74, 6) is -0.565. The molecule has 0 fully saturated rings. The Morgan fingerprint density at radius 2 is 1.58 bits per heavy atom. The lowest BCUT2D eigenvalue weighted by atomic mass is 10.0. The predicted molar refractivity (Wildman–Crippen MR) is 114 cm³/mol. The molecule has 0 saturated heterocycles. The van der Waals surface area contributed by atoms with Crippen LogP contribution in [0.25, 0.3) is 0 Å². The number of amides is 2. The van der Waals surface area contributed by atoms with Gasteiger partial charge in [0.05, 0.1) is 27.5 Å². The van der Waals surface area contributed by atoms with E-state index in [4.69, 9.17) is 14.2 Å². The van der Waals surface area contributed by atoms with Crippen molar-refractivity contribution in [2.45, 2.75) is 19.9 Å². The van der Waals surface area contributed by atoms with Gasteiger partial charge < -0.3 is 19.5 Å². The third kappa shape index (κ3) is 6.18. The van der Waals surface area contributed by atoms with E-state index in [0.29, 0.717) is 22.8 Å². The second-order valence-electron chi connectivity index (χ2n) is 6.89. The van der Waals surface area contributed by atoms with Gasteiger partial charge in [0, 0.05) is 5.56 Å². The minimum absolute atomic E-state index is 0.216. The van der Waals surface area contributed by atoms with Crippen LogP contribution in [-0.4, -0.2) is 45.4 Å². The van der Waals surface area contributed by atoms with Crippen molar-refractivity contribution < 1.29 is 28.2 Å². The van der Waals surface area contributed by atoms with E-state index in [-0.39, 0.29) is 17.3 Å². The number of carbonyl (C=O) groups is 2. The molecule has 9 heteroatoms. The molecule has 2 aromatic rings. The monoisotopic (exact) mass is 431 g/mol. The molecule has 0 bridgehead atoms. The fourth-order valence-corrected chi connectivity index (χ4v) is 2.76. The summed E-state index contributed by atoms with van der Waals surface area (Å²) >= 11 is 0. The van der Waals surface area contributed by atoms with Crippen LogP contribution in [0, 0.1) is 11.7 Å². The van der Waals surface area contributed by atoms with E-state index in [1.165, 1.54) is 63.9 Å². The van der Waals surface area contributed by atoms with Gasteiger partial charge in [-0.25, -0.2) is 9.82 Å². The minimum atomic E-state index is -0.850. The molecule has 166 valence electrons. The van der Waals surface area contributed by atoms with Crippen LogP contribution in [0.2, 0.25) is 0 Å². The molecule has 2 aromatic carbocycles. The molecule has 2 rings (SSSR count). The van der Waals surface area contributed by atoms with Crippen molar-refractivity contribution in [3.63, 3.8) is 0 Å². The number of hydrogen-bond donors (Lipinski definition) is 2. The van der Waals surface area contributed by atoms with Gasteiger partial charge in [-0.15, -0.1) is 0 Å². The predicted octanol–water partition coefficient (Wildman–Crippen LogP) is 2.76. The Labute approximate surface area is 180 Å². The maximum absolute atomic E-state index is 13.0. The smallest absolute Gasteiger partial charge is 0.262 e. The van der Waals surface area contributed by atoms with Gasteiger partial charge in [-0.05, 0) is 35.7 Å². The SMILES string of the molecule is COc1cc(C(=O)N[C@@H](C(=O)N/N=C\c2ccc(F)cc2)C(C)C)cc(OC)c1OC. The topological polar surface area (TPSA) is 98.2 Å². The molecule has 8 nitrogen and oxygen atoms in total. The van der Waals surface area contributed by atoms with Gasteiger partial charge in [0.15, 0.2) is 11.5 Å². The van der Waals surface area contributed by atoms with Gasteiger partial charge in [0.2, 0.25) is 5.75 Å². The standard InChI is InChI=1S/C22H26FN3O5/c1-13(2)19(22(28)26-24-12-14-6-8-16(23)9-7-14)25-21(27)15-10-17(29-3)20(31-5)18(11-15)30-4/h6-13,19H,1-5H3,(H,25,27)(H,26,28)/b24-12-/t19-/m1/s1. The van der Waals surface area contributed by atoms with Crippen LogP contribution in [0.1, 0.15) is 29.8 Å². The highest BCUT2D eigenvalue weighted by Crippen LogP contribution is 2.38. The molecule has 0 aliphatic heterocycles. The minimum Gasteiger partial charge on any atom is -0.493 e. The van der Waals surface area contributed by atoms with Gasteiger partial charge in [-0.2, -0.15) is 5.10 Å². The van der Waals surface area contributed by atoms with Crippen LogP contribution >= 0.6 is 0 Å². The van der Waals surface area contributed by atoms with E-state index >= 15 is 0 Å². The normalized spacial score (nSPS) is 11.8. The lowest BCUT2D eigenvalue weighted by molar-refractivity contribution is -0.123. The fourth-order valence-electron chi connectivity index (χ4n) is 2.76. The molecule has 0 radical (unpaired) electrons. The Kier molecular flexibility index (Phi) is 8.36. The van der Waals surface area contributed by atoms with Gasteiger partial charge in [0.25, 0.3) is 11.8 Å². The lowest BCUT2D eigenvalue weighted by Crippen LogP contribution is -2.48. The average Bonchev–Trinajstić information content (AvgIpc) is 2.77. The van der Waals surface area contributed by atoms with Gasteiger partial charge in [-0.3, -0.25) is 9.59 Å². The summed E-state index contributed by atoms with van der Waals surface area (Å²) in [7, 11) is 4.36. The molecule has 2 amide bonds. The molecule has 2 N–H and O–H groups in total. The molecule has 1 atom stereocenters. The highest BCUT2D eigenvalue weighted by molar-refractivity contribution is 5.98. The van der Waals surface area contributed by atoms with E-state index in [1.54, 1.807) is 13.8 Å². The molecule has 31 heavy (non-hydrogen) atoms. The summed E-state index contributed by atoms with van der Waals surface area (Å²) in [5, 5.41) is 6.58. The van der Waals surface area contributed by atoms with E-state index < -0.39 is 17.9 Å². The highest BCUT2D eigenvalue weighted by atomic mass is 19.1. The zero-order valence-electron chi connectivity index (χ0n) is 18.1. The number of nitrogens with zero attached hydrogens (tertiary/aromatic N) is 1. The summed E-state index contributed by atoms with van der Waals surface area (Å²) in [6.07, 6.45) is 1.38. The van der Waals surface area contributed by atoms with Gasteiger partial charge in [-0.1, -0.05) is 26.0 Å². The molecular formula is C22H26FN3O5. The molecule has 0 heterocycles. The summed E-state index contributed by atoms with van der Waals surface area (Å²) in [5.41, 5.74) is 3.25. The maximum Gasteiger partial charge on any atom is 0.262 e. The number of halogens is 1. The van der Waals surface area contributed by atoms with Crippen molar-refractivity contribution in [3.05, 3.63) is 53.3 Å². The number of hydrogen-bond acceptors (Lipinski definition) is 6. The largest absolute Gasteiger partial charge is 0.493 e. The van der Waals surface area contributed by atoms with Crippen LogP contribution in [-0.2, 0) is 4.79 Å². The zero-order chi connectivity index (χ0) is 23.0. The summed E-state index contributed by atoms with van der Waals surface area (Å²) in [6, 6.07) is 7.78. The van der Waals surface area contributed by atoms with Crippen molar-refractivity contribution >= 4 is 18.0 Å². The summed E-state index contributed by atoms with van der Waals surface area (Å²) in [4.78, 5) is 25.4. The van der Waals surface area contributed by atoms with Crippen LogP contribution in [0.4, 0.5) is 4.39 Å². The number of ether oxygens (including phenoxy) is 3. The Morgan fingerprint density at radius 3 is 2.06 bits per heavy atom. The van der Waals surface area contributed by atoms with Gasteiger partial charge >= 0.3 is 0 Å². The lowest BCUT2D eigenvalue weighted by Gasteiger charge is -2.21. The molecule has 0 aromatic heterocycles. The quantitative estimate of drug-likeness (QED) is 0.470. The Balaban J connectivity index is 2.14. The molecule has 0 unspecified atom stereocenters. The first-order chi connectivity index (χ1) is 14.8. The van der Waals surface area contributed by atoms with E-state index in [1.807, 2.05) is 0 Å². The van der Waals surface area contributed by atoms with Crippen LogP contribution in [0.15, 0.2) is 41.5 Å². The second kappa shape index (κ2) is 11.0. The Bertz CT molecular complexity index is 920. The van der Waals surface area contributed by atoms with Crippen molar-refractivity contribution in [1.82, 2.24) is 10.7 Å².